The summed E-state index contributed by atoms with van der Waals surface area (Å²) in [6, 6.07) is 21.2. The summed E-state index contributed by atoms with van der Waals surface area (Å²) >= 11 is 2.51. The topological polar surface area (TPSA) is 0 Å². The Kier molecular flexibility index (Phi) is 5.60. The van der Waals surface area contributed by atoms with Crippen LogP contribution in [0.2, 0.25) is 5.82 Å². The van der Waals surface area contributed by atoms with Crippen LogP contribution in [0.5, 0.6) is 0 Å². The summed E-state index contributed by atoms with van der Waals surface area (Å²) < 4.78 is 1.50. The van der Waals surface area contributed by atoms with Crippen molar-refractivity contribution in [3.63, 3.8) is 0 Å². The molecule has 2 aromatic rings. The van der Waals surface area contributed by atoms with E-state index in [1.54, 1.807) is 0 Å². The van der Waals surface area contributed by atoms with Crippen LogP contribution >= 0.6 is 11.8 Å². The Labute approximate surface area is 120 Å². The first kappa shape index (κ1) is 13.5. The summed E-state index contributed by atoms with van der Waals surface area (Å²) in [5.41, 5.74) is 2.70. The first-order valence-corrected chi connectivity index (χ1v) is 9.41. The maximum absolute atomic E-state index is 2.31. The second-order valence-corrected chi connectivity index (χ2v) is 7.23. The third-order valence-corrected chi connectivity index (χ3v) is 6.09. The Morgan fingerprint density at radius 3 is 2.22 bits per heavy atom. The molecule has 92 valence electrons. The van der Waals surface area contributed by atoms with Gasteiger partial charge in [0.15, 0.2) is 0 Å². The van der Waals surface area contributed by atoms with E-state index >= 15 is 0 Å². The first-order chi connectivity index (χ1) is 8.88. The zero-order valence-corrected chi connectivity index (χ0v) is 12.9. The summed E-state index contributed by atoms with van der Waals surface area (Å²) in [4.78, 5) is 0. The van der Waals surface area contributed by atoms with Gasteiger partial charge in [-0.3, -0.25) is 0 Å². The molecule has 0 aromatic heterocycles. The van der Waals surface area contributed by atoms with Crippen LogP contribution in [-0.4, -0.2) is 15.0 Å². The van der Waals surface area contributed by atoms with Crippen LogP contribution in [0, 0.1) is 0 Å². The second-order valence-electron chi connectivity index (χ2n) is 3.85. The van der Waals surface area contributed by atoms with Crippen molar-refractivity contribution in [2.24, 2.45) is 0 Å². The summed E-state index contributed by atoms with van der Waals surface area (Å²) in [5.74, 6) is 3.34. The van der Waals surface area contributed by atoms with Crippen molar-refractivity contribution < 1.29 is 0 Å². The summed E-state index contributed by atoms with van der Waals surface area (Å²) in [6.45, 7) is 0. The van der Waals surface area contributed by atoms with Gasteiger partial charge >= 0.3 is 120 Å². The van der Waals surface area contributed by atoms with Gasteiger partial charge in [-0.15, -0.1) is 0 Å². The van der Waals surface area contributed by atoms with Gasteiger partial charge in [-0.2, -0.15) is 0 Å². The van der Waals surface area contributed by atoms with Crippen molar-refractivity contribution in [3.8, 4) is 0 Å². The van der Waals surface area contributed by atoms with Gasteiger partial charge in [-0.1, -0.05) is 0 Å². The maximum atomic E-state index is 2.31. The fourth-order valence-corrected chi connectivity index (χ4v) is 4.06. The van der Waals surface area contributed by atoms with Gasteiger partial charge in [0.1, 0.15) is 0 Å². The fourth-order valence-electron chi connectivity index (χ4n) is 1.57. The molecule has 18 heavy (non-hydrogen) atoms. The van der Waals surface area contributed by atoms with Gasteiger partial charge in [-0.05, 0) is 0 Å². The van der Waals surface area contributed by atoms with Gasteiger partial charge in [0.05, 0.1) is 0 Å². The van der Waals surface area contributed by atoms with E-state index in [1.165, 1.54) is 14.9 Å². The minimum absolute atomic E-state index is 0.551. The molecule has 0 fully saturated rings. The zero-order valence-electron chi connectivity index (χ0n) is 10.4. The number of benzene rings is 2. The summed E-state index contributed by atoms with van der Waals surface area (Å²) in [7, 11) is 0. The molecule has 0 nitrogen and oxygen atoms in total. The van der Waals surface area contributed by atoms with E-state index in [9.17, 15) is 0 Å². The molecular weight excluding hydrogens is 303 g/mol. The van der Waals surface area contributed by atoms with E-state index in [0.29, 0.717) is 15.0 Å². The van der Waals surface area contributed by atoms with E-state index in [-0.39, 0.29) is 0 Å². The van der Waals surface area contributed by atoms with Crippen LogP contribution < -0.4 is 0 Å². The Hall–Kier alpha value is -0.951. The minimum atomic E-state index is 0.551. The third kappa shape index (κ3) is 4.38. The van der Waals surface area contributed by atoms with Crippen molar-refractivity contribution in [1.82, 2.24) is 0 Å². The molecule has 0 aliphatic rings. The SMILES string of the molecule is C[Se]/C(=C\c1ccccc1)SCc1ccccc1. The van der Waals surface area contributed by atoms with Crippen LogP contribution in [0.3, 0.4) is 0 Å². The predicted molar refractivity (Wildman–Crippen MR) is 83.8 cm³/mol. The number of thioether (sulfide) groups is 1. The molecular formula is C16H16SSe. The third-order valence-electron chi connectivity index (χ3n) is 2.51. The molecule has 0 unspecified atom stereocenters. The number of rotatable bonds is 5. The van der Waals surface area contributed by atoms with Gasteiger partial charge in [0.25, 0.3) is 0 Å². The first-order valence-electron chi connectivity index (χ1n) is 5.86. The zero-order chi connectivity index (χ0) is 12.6. The molecule has 0 bridgehead atoms. The van der Waals surface area contributed by atoms with Crippen LogP contribution in [0.1, 0.15) is 11.1 Å². The van der Waals surface area contributed by atoms with Crippen molar-refractivity contribution in [1.29, 1.82) is 0 Å². The predicted octanol–water partition coefficient (Wildman–Crippen LogP) is 4.67. The quantitative estimate of drug-likeness (QED) is 0.722. The Morgan fingerprint density at radius 1 is 1.00 bits per heavy atom. The average molecular weight is 319 g/mol. The van der Waals surface area contributed by atoms with Crippen LogP contribution in [-0.2, 0) is 5.75 Å². The van der Waals surface area contributed by atoms with Crippen LogP contribution in [0.25, 0.3) is 6.08 Å². The second kappa shape index (κ2) is 7.48. The van der Waals surface area contributed by atoms with Gasteiger partial charge < -0.3 is 0 Å². The van der Waals surface area contributed by atoms with Crippen molar-refractivity contribution in [2.75, 3.05) is 0 Å². The normalized spacial score (nSPS) is 11.5. The Balaban J connectivity index is 2.00. The molecule has 0 saturated carbocycles. The van der Waals surface area contributed by atoms with E-state index in [2.05, 4.69) is 72.6 Å². The van der Waals surface area contributed by atoms with E-state index in [1.807, 2.05) is 11.8 Å². The molecule has 0 amide bonds. The molecule has 0 heterocycles. The molecule has 0 radical (unpaired) electrons. The molecule has 0 saturated heterocycles. The van der Waals surface area contributed by atoms with Crippen LogP contribution in [0.15, 0.2) is 64.5 Å². The van der Waals surface area contributed by atoms with Gasteiger partial charge in [-0.25, -0.2) is 0 Å². The van der Waals surface area contributed by atoms with Crippen molar-refractivity contribution in [2.45, 2.75) is 11.6 Å². The molecule has 0 spiro atoms. The van der Waals surface area contributed by atoms with Crippen molar-refractivity contribution in [3.05, 3.63) is 75.6 Å². The standard InChI is InChI=1S/C16H16SSe/c1-18-16(12-14-8-4-2-5-9-14)17-13-15-10-6-3-7-11-15/h2-12H,13H2,1H3/b16-12-. The molecule has 0 aliphatic heterocycles. The molecule has 2 heteroatoms. The van der Waals surface area contributed by atoms with E-state index in [4.69, 9.17) is 0 Å². The number of hydrogen-bond donors (Lipinski definition) is 0. The molecule has 0 atom stereocenters. The molecule has 0 aliphatic carbocycles. The molecule has 2 aromatic carbocycles. The summed E-state index contributed by atoms with van der Waals surface area (Å²) in [5, 5.41) is 0. The summed E-state index contributed by atoms with van der Waals surface area (Å²) in [6.07, 6.45) is 2.31. The molecule has 2 rings (SSSR count). The monoisotopic (exact) mass is 320 g/mol. The van der Waals surface area contributed by atoms with Gasteiger partial charge in [0, 0.05) is 0 Å². The van der Waals surface area contributed by atoms with Gasteiger partial charge in [0.2, 0.25) is 0 Å². The fraction of sp³-hybridized carbons (Fsp3) is 0.125. The van der Waals surface area contributed by atoms with E-state index in [0.717, 1.165) is 5.75 Å². The molecule has 0 N–H and O–H groups in total. The van der Waals surface area contributed by atoms with Crippen LogP contribution in [0.4, 0.5) is 0 Å². The van der Waals surface area contributed by atoms with Crippen molar-refractivity contribution >= 4 is 32.8 Å². The van der Waals surface area contributed by atoms with E-state index < -0.39 is 0 Å². The Bertz CT molecular complexity index is 491. The Morgan fingerprint density at radius 2 is 1.61 bits per heavy atom. The number of hydrogen-bond acceptors (Lipinski definition) is 1. The average Bonchev–Trinajstić information content (AvgIpc) is 2.45.